The van der Waals surface area contributed by atoms with Gasteiger partial charge in [0.05, 0.1) is 6.61 Å². The Morgan fingerprint density at radius 2 is 1.81 bits per heavy atom. The summed E-state index contributed by atoms with van der Waals surface area (Å²) >= 11 is 0. The van der Waals surface area contributed by atoms with E-state index in [1.54, 1.807) is 0 Å². The number of hydrogen-bond donors (Lipinski definition) is 1. The summed E-state index contributed by atoms with van der Waals surface area (Å²) in [6.45, 7) is 8.59. The summed E-state index contributed by atoms with van der Waals surface area (Å²) in [6, 6.07) is 1.87. The predicted octanol–water partition coefficient (Wildman–Crippen LogP) is 1.32. The van der Waals surface area contributed by atoms with Gasteiger partial charge in [-0.3, -0.25) is 4.90 Å². The van der Waals surface area contributed by atoms with E-state index in [0.717, 1.165) is 6.04 Å². The van der Waals surface area contributed by atoms with Crippen LogP contribution in [0.4, 0.5) is 0 Å². The van der Waals surface area contributed by atoms with Crippen molar-refractivity contribution >= 4 is 0 Å². The highest BCUT2D eigenvalue weighted by Gasteiger charge is 2.32. The van der Waals surface area contributed by atoms with E-state index in [1.165, 1.54) is 45.3 Å². The van der Waals surface area contributed by atoms with Crippen LogP contribution in [0.15, 0.2) is 0 Å². The minimum Gasteiger partial charge on any atom is -0.395 e. The number of aliphatic hydroxyl groups is 1. The second kappa shape index (κ2) is 5.48. The molecule has 2 rings (SSSR count). The van der Waals surface area contributed by atoms with Gasteiger partial charge in [0.25, 0.3) is 0 Å². The molecule has 3 heteroatoms. The normalized spacial score (nSPS) is 30.4. The highest BCUT2D eigenvalue weighted by molar-refractivity contribution is 4.88. The zero-order valence-electron chi connectivity index (χ0n) is 10.7. The van der Waals surface area contributed by atoms with Crippen LogP contribution < -0.4 is 0 Å². The van der Waals surface area contributed by atoms with Crippen LogP contribution in [0, 0.1) is 0 Å². The second-order valence-electron chi connectivity index (χ2n) is 5.58. The molecule has 2 aliphatic rings. The smallest absolute Gasteiger partial charge is 0.0586 e. The Balaban J connectivity index is 1.84. The van der Waals surface area contributed by atoms with Crippen LogP contribution in [0.5, 0.6) is 0 Å². The molecular weight excluding hydrogens is 200 g/mol. The summed E-state index contributed by atoms with van der Waals surface area (Å²) in [6.07, 6.45) is 5.04. The number of likely N-dealkylation sites (tertiary alicyclic amines) is 2. The lowest BCUT2D eigenvalue weighted by atomic mass is 10.0. The maximum atomic E-state index is 9.36. The third kappa shape index (κ3) is 2.58. The quantitative estimate of drug-likeness (QED) is 0.786. The summed E-state index contributed by atoms with van der Waals surface area (Å²) < 4.78 is 0. The lowest BCUT2D eigenvalue weighted by molar-refractivity contribution is 0.0637. The van der Waals surface area contributed by atoms with E-state index < -0.39 is 0 Å². The molecule has 0 aliphatic carbocycles. The zero-order valence-corrected chi connectivity index (χ0v) is 10.7. The molecule has 3 nitrogen and oxygen atoms in total. The van der Waals surface area contributed by atoms with Crippen LogP contribution in [-0.4, -0.2) is 59.3 Å². The van der Waals surface area contributed by atoms with Crippen molar-refractivity contribution in [3.8, 4) is 0 Å². The molecule has 0 spiro atoms. The summed E-state index contributed by atoms with van der Waals surface area (Å²) in [5.41, 5.74) is 0. The van der Waals surface area contributed by atoms with Gasteiger partial charge in [-0.25, -0.2) is 0 Å². The third-order valence-electron chi connectivity index (χ3n) is 4.33. The van der Waals surface area contributed by atoms with Gasteiger partial charge in [0, 0.05) is 18.1 Å². The number of nitrogens with zero attached hydrogens (tertiary/aromatic N) is 2. The van der Waals surface area contributed by atoms with Gasteiger partial charge >= 0.3 is 0 Å². The number of aliphatic hydroxyl groups excluding tert-OH is 1. The number of piperidine rings is 1. The fourth-order valence-corrected chi connectivity index (χ4v) is 3.27. The molecule has 0 aromatic heterocycles. The molecule has 1 unspecified atom stereocenters. The summed E-state index contributed by atoms with van der Waals surface area (Å²) in [4.78, 5) is 5.14. The summed E-state index contributed by atoms with van der Waals surface area (Å²) in [7, 11) is 0. The van der Waals surface area contributed by atoms with E-state index in [4.69, 9.17) is 0 Å². The fourth-order valence-electron chi connectivity index (χ4n) is 3.27. The average molecular weight is 226 g/mol. The minimum absolute atomic E-state index is 0.352. The Morgan fingerprint density at radius 1 is 1.12 bits per heavy atom. The second-order valence-corrected chi connectivity index (χ2v) is 5.58. The Labute approximate surface area is 99.4 Å². The Bertz CT molecular complexity index is 212. The fraction of sp³-hybridized carbons (Fsp3) is 1.00. The minimum atomic E-state index is 0.352. The van der Waals surface area contributed by atoms with E-state index in [9.17, 15) is 5.11 Å². The monoisotopic (exact) mass is 226 g/mol. The first-order valence-corrected chi connectivity index (χ1v) is 6.83. The van der Waals surface area contributed by atoms with Crippen LogP contribution in [0.1, 0.15) is 39.5 Å². The molecule has 94 valence electrons. The van der Waals surface area contributed by atoms with Gasteiger partial charge in [0.2, 0.25) is 0 Å². The van der Waals surface area contributed by atoms with Crippen molar-refractivity contribution in [2.45, 2.75) is 57.7 Å². The standard InChI is InChI=1S/C13H26N2O/c1-11(2)14-8-5-12(6-9-14)15-7-3-4-13(15)10-16/h11-13,16H,3-10H2,1-2H3. The van der Waals surface area contributed by atoms with Crippen LogP contribution in [-0.2, 0) is 0 Å². The van der Waals surface area contributed by atoms with Crippen molar-refractivity contribution in [3.63, 3.8) is 0 Å². The topological polar surface area (TPSA) is 26.7 Å². The van der Waals surface area contributed by atoms with Gasteiger partial charge < -0.3 is 10.0 Å². The summed E-state index contributed by atoms with van der Waals surface area (Å²) in [5, 5.41) is 9.36. The molecule has 0 bridgehead atoms. The SMILES string of the molecule is CC(C)N1CCC(N2CCCC2CO)CC1. The van der Waals surface area contributed by atoms with Crippen LogP contribution in [0.3, 0.4) is 0 Å². The molecule has 2 saturated heterocycles. The van der Waals surface area contributed by atoms with E-state index >= 15 is 0 Å². The molecule has 0 aromatic carbocycles. The van der Waals surface area contributed by atoms with Crippen LogP contribution >= 0.6 is 0 Å². The molecule has 16 heavy (non-hydrogen) atoms. The average Bonchev–Trinajstić information content (AvgIpc) is 2.77. The first kappa shape index (κ1) is 12.3. The molecule has 2 fully saturated rings. The Hall–Kier alpha value is -0.120. The van der Waals surface area contributed by atoms with Crippen molar-refractivity contribution in [1.82, 2.24) is 9.80 Å². The van der Waals surface area contributed by atoms with Gasteiger partial charge in [-0.15, -0.1) is 0 Å². The number of hydrogen-bond acceptors (Lipinski definition) is 3. The Kier molecular flexibility index (Phi) is 4.22. The van der Waals surface area contributed by atoms with Crippen LogP contribution in [0.25, 0.3) is 0 Å². The molecule has 0 aromatic rings. The zero-order chi connectivity index (χ0) is 11.5. The van der Waals surface area contributed by atoms with E-state index in [0.29, 0.717) is 18.7 Å². The van der Waals surface area contributed by atoms with Crippen molar-refractivity contribution in [2.75, 3.05) is 26.2 Å². The first-order valence-electron chi connectivity index (χ1n) is 6.83. The van der Waals surface area contributed by atoms with E-state index in [-0.39, 0.29) is 0 Å². The maximum Gasteiger partial charge on any atom is 0.0586 e. The molecule has 0 saturated carbocycles. The highest BCUT2D eigenvalue weighted by Crippen LogP contribution is 2.26. The molecule has 2 heterocycles. The highest BCUT2D eigenvalue weighted by atomic mass is 16.3. The predicted molar refractivity (Wildman–Crippen MR) is 66.5 cm³/mol. The van der Waals surface area contributed by atoms with Gasteiger partial charge in [0.1, 0.15) is 0 Å². The maximum absolute atomic E-state index is 9.36. The van der Waals surface area contributed by atoms with Gasteiger partial charge in [0.15, 0.2) is 0 Å². The molecule has 2 aliphatic heterocycles. The lowest BCUT2D eigenvalue weighted by Gasteiger charge is -2.40. The first-order chi connectivity index (χ1) is 7.72. The van der Waals surface area contributed by atoms with Crippen molar-refractivity contribution in [2.24, 2.45) is 0 Å². The third-order valence-corrected chi connectivity index (χ3v) is 4.33. The van der Waals surface area contributed by atoms with Gasteiger partial charge in [-0.2, -0.15) is 0 Å². The molecule has 0 amide bonds. The van der Waals surface area contributed by atoms with E-state index in [2.05, 4.69) is 23.6 Å². The van der Waals surface area contributed by atoms with Gasteiger partial charge in [-0.1, -0.05) is 0 Å². The Morgan fingerprint density at radius 3 is 2.38 bits per heavy atom. The van der Waals surface area contributed by atoms with Crippen molar-refractivity contribution in [1.29, 1.82) is 0 Å². The van der Waals surface area contributed by atoms with Crippen LogP contribution in [0.2, 0.25) is 0 Å². The van der Waals surface area contributed by atoms with Crippen molar-refractivity contribution < 1.29 is 5.11 Å². The van der Waals surface area contributed by atoms with Gasteiger partial charge in [-0.05, 0) is 59.2 Å². The summed E-state index contributed by atoms with van der Waals surface area (Å²) in [5.74, 6) is 0. The van der Waals surface area contributed by atoms with Crippen molar-refractivity contribution in [3.05, 3.63) is 0 Å². The van der Waals surface area contributed by atoms with E-state index in [1.807, 2.05) is 0 Å². The largest absolute Gasteiger partial charge is 0.395 e. The molecule has 1 atom stereocenters. The number of rotatable bonds is 3. The lowest BCUT2D eigenvalue weighted by Crippen LogP contribution is -2.49. The molecule has 1 N–H and O–H groups in total. The molecule has 0 radical (unpaired) electrons. The molecular formula is C13H26N2O.